The van der Waals surface area contributed by atoms with Gasteiger partial charge < -0.3 is 24.7 Å². The van der Waals surface area contributed by atoms with Gasteiger partial charge in [0.1, 0.15) is 12.3 Å². The highest BCUT2D eigenvalue weighted by atomic mass is 32.2. The van der Waals surface area contributed by atoms with Crippen molar-refractivity contribution in [2.45, 2.75) is 74.3 Å². The molecule has 1 aliphatic heterocycles. The number of likely N-dealkylation sites (tertiary alicyclic amines) is 1. The molecular formula is C32H40F3N5O4S. The topological polar surface area (TPSA) is 111 Å². The summed E-state index contributed by atoms with van der Waals surface area (Å²) in [5.41, 5.74) is 1.98. The molecule has 3 aromatic rings. The van der Waals surface area contributed by atoms with Gasteiger partial charge >= 0.3 is 6.18 Å². The number of nitrogens with zero attached hydrogens (tertiary/aromatic N) is 2. The van der Waals surface area contributed by atoms with E-state index in [1.807, 2.05) is 6.07 Å². The molecule has 1 aromatic heterocycles. The largest absolute Gasteiger partial charge is 0.495 e. The monoisotopic (exact) mass is 647 g/mol. The number of ether oxygens (including phenoxy) is 2. The smallest absolute Gasteiger partial charge is 0.406 e. The zero-order valence-corrected chi connectivity index (χ0v) is 26.3. The number of methoxy groups -OCH3 is 2. The number of nitrogens with two attached hydrogens (primary N) is 1. The van der Waals surface area contributed by atoms with E-state index in [4.69, 9.17) is 14.6 Å². The van der Waals surface area contributed by atoms with E-state index in [0.29, 0.717) is 28.7 Å². The molecule has 2 heterocycles. The number of sulfonamides is 1. The first-order valence-electron chi connectivity index (χ1n) is 15.1. The Morgan fingerprint density at radius 3 is 2.51 bits per heavy atom. The fraction of sp³-hybridized carbons (Fsp3) is 0.500. The van der Waals surface area contributed by atoms with Crippen LogP contribution in [0.3, 0.4) is 0 Å². The van der Waals surface area contributed by atoms with E-state index < -0.39 is 22.7 Å². The normalized spacial score (nSPS) is 21.2. The van der Waals surface area contributed by atoms with Gasteiger partial charge in [-0.05, 0) is 81.3 Å². The fourth-order valence-corrected chi connectivity index (χ4v) is 6.96. The predicted octanol–water partition coefficient (Wildman–Crippen LogP) is 5.16. The van der Waals surface area contributed by atoms with E-state index in [0.717, 1.165) is 57.3 Å². The van der Waals surface area contributed by atoms with Gasteiger partial charge in [-0.2, -0.15) is 13.2 Å². The van der Waals surface area contributed by atoms with Crippen molar-refractivity contribution in [3.8, 4) is 17.6 Å². The minimum absolute atomic E-state index is 0.0785. The molecule has 2 aromatic carbocycles. The highest BCUT2D eigenvalue weighted by Gasteiger charge is 2.31. The molecule has 1 aliphatic carbocycles. The van der Waals surface area contributed by atoms with Gasteiger partial charge in [0.15, 0.2) is 0 Å². The molecule has 2 aliphatic rings. The maximum atomic E-state index is 13.7. The number of fused-ring (bicyclic) bond motifs is 1. The molecule has 0 radical (unpaired) electrons. The predicted molar refractivity (Wildman–Crippen MR) is 169 cm³/mol. The summed E-state index contributed by atoms with van der Waals surface area (Å²) in [5.74, 6) is 6.04. The average Bonchev–Trinajstić information content (AvgIpc) is 3.35. The summed E-state index contributed by atoms with van der Waals surface area (Å²) in [4.78, 5) is 2.45. The van der Waals surface area contributed by atoms with Gasteiger partial charge in [0.25, 0.3) is 0 Å². The van der Waals surface area contributed by atoms with Gasteiger partial charge in [0.05, 0.1) is 41.6 Å². The van der Waals surface area contributed by atoms with Crippen molar-refractivity contribution in [1.29, 1.82) is 0 Å². The first kappa shape index (κ1) is 32.9. The van der Waals surface area contributed by atoms with Crippen LogP contribution in [0.4, 0.5) is 24.5 Å². The summed E-state index contributed by atoms with van der Waals surface area (Å²) in [5, 5.41) is 12.5. The van der Waals surface area contributed by atoms with E-state index in [2.05, 4.69) is 27.4 Å². The number of alkyl halides is 3. The Morgan fingerprint density at radius 1 is 1.04 bits per heavy atom. The molecule has 0 amide bonds. The number of hydrogen-bond acceptors (Lipinski definition) is 7. The SMILES string of the molecule is COc1cc(S(N)(=O)=O)ccc1NCC#Cc1cc2c(N[C@H]3CC[C@H](N4CCCC(OC)C4)CC3)cccc2n1CC(F)(F)F. The third-order valence-electron chi connectivity index (χ3n) is 8.68. The van der Waals surface area contributed by atoms with E-state index in [1.165, 1.54) is 29.9 Å². The van der Waals surface area contributed by atoms with E-state index in [-0.39, 0.29) is 28.9 Å². The van der Waals surface area contributed by atoms with Crippen LogP contribution in [0.15, 0.2) is 47.4 Å². The Balaban J connectivity index is 1.31. The molecule has 1 saturated heterocycles. The van der Waals surface area contributed by atoms with E-state index in [9.17, 15) is 21.6 Å². The molecule has 4 N–H and O–H groups in total. The lowest BCUT2D eigenvalue weighted by Crippen LogP contribution is -2.47. The van der Waals surface area contributed by atoms with Crippen LogP contribution in [0.1, 0.15) is 44.2 Å². The lowest BCUT2D eigenvalue weighted by molar-refractivity contribution is -0.140. The van der Waals surface area contributed by atoms with Crippen molar-refractivity contribution in [2.24, 2.45) is 5.14 Å². The molecule has 1 unspecified atom stereocenters. The highest BCUT2D eigenvalue weighted by Crippen LogP contribution is 2.33. The number of primary sulfonamides is 1. The number of benzene rings is 2. The minimum Gasteiger partial charge on any atom is -0.495 e. The van der Waals surface area contributed by atoms with Crippen molar-refractivity contribution in [3.05, 3.63) is 48.2 Å². The van der Waals surface area contributed by atoms with Crippen LogP contribution >= 0.6 is 0 Å². The summed E-state index contributed by atoms with van der Waals surface area (Å²) < 4.78 is 76.4. The third kappa shape index (κ3) is 8.24. The van der Waals surface area contributed by atoms with Crippen molar-refractivity contribution >= 4 is 32.3 Å². The number of aromatic nitrogens is 1. The second kappa shape index (κ2) is 13.9. The van der Waals surface area contributed by atoms with Crippen molar-refractivity contribution in [2.75, 3.05) is 44.5 Å². The fourth-order valence-electron chi connectivity index (χ4n) is 6.43. The van der Waals surface area contributed by atoms with Gasteiger partial charge in [-0.1, -0.05) is 12.0 Å². The van der Waals surface area contributed by atoms with Crippen LogP contribution < -0.4 is 20.5 Å². The standard InChI is InChI=1S/C32H40F3N5O4S/c1-43-25-7-5-17-39(20-25)23-12-10-22(11-13-23)38-28-8-3-9-30-27(28)18-24(40(30)21-32(33,34)35)6-4-16-37-29-15-14-26(45(36,41)42)19-31(29)44-2/h3,8-9,14-15,18-19,22-23,25,37-38H,5,7,10-13,16-17,20-21H2,1-2H3,(H2,36,41,42)/t22-,23-,25?. The van der Waals surface area contributed by atoms with Crippen molar-refractivity contribution in [3.63, 3.8) is 0 Å². The van der Waals surface area contributed by atoms with Gasteiger partial charge in [0, 0.05) is 42.9 Å². The number of rotatable bonds is 9. The maximum Gasteiger partial charge on any atom is 0.406 e. The summed E-state index contributed by atoms with van der Waals surface area (Å²) in [7, 11) is -0.743. The van der Waals surface area contributed by atoms with Crippen LogP contribution in [0.5, 0.6) is 5.75 Å². The van der Waals surface area contributed by atoms with Crippen LogP contribution in [-0.2, 0) is 21.3 Å². The van der Waals surface area contributed by atoms with Crippen LogP contribution in [0, 0.1) is 11.8 Å². The number of nitrogens with one attached hydrogen (secondary N) is 2. The first-order valence-corrected chi connectivity index (χ1v) is 16.7. The molecule has 9 nitrogen and oxygen atoms in total. The zero-order valence-electron chi connectivity index (χ0n) is 25.5. The van der Waals surface area contributed by atoms with Gasteiger partial charge in [-0.15, -0.1) is 0 Å². The Kier molecular flexibility index (Phi) is 10.2. The molecule has 13 heteroatoms. The number of anilines is 2. The molecule has 5 rings (SSSR count). The number of hydrogen-bond donors (Lipinski definition) is 3. The Morgan fingerprint density at radius 2 is 1.82 bits per heavy atom. The van der Waals surface area contributed by atoms with Gasteiger partial charge in [-0.25, -0.2) is 13.6 Å². The van der Waals surface area contributed by atoms with Crippen molar-refractivity contribution < 1.29 is 31.1 Å². The molecule has 0 bridgehead atoms. The highest BCUT2D eigenvalue weighted by molar-refractivity contribution is 7.89. The van der Waals surface area contributed by atoms with Gasteiger partial charge in [0.2, 0.25) is 10.0 Å². The lowest BCUT2D eigenvalue weighted by Gasteiger charge is -2.41. The Labute approximate surface area is 262 Å². The Bertz CT molecular complexity index is 1660. The van der Waals surface area contributed by atoms with E-state index >= 15 is 0 Å². The average molecular weight is 648 g/mol. The van der Waals surface area contributed by atoms with Gasteiger partial charge in [-0.3, -0.25) is 4.90 Å². The first-order chi connectivity index (χ1) is 21.4. The van der Waals surface area contributed by atoms with Crippen molar-refractivity contribution in [1.82, 2.24) is 9.47 Å². The molecule has 1 atom stereocenters. The van der Waals surface area contributed by atoms with E-state index in [1.54, 1.807) is 25.3 Å². The summed E-state index contributed by atoms with van der Waals surface area (Å²) >= 11 is 0. The molecule has 1 saturated carbocycles. The summed E-state index contributed by atoms with van der Waals surface area (Å²) in [6, 6.07) is 12.0. The lowest BCUT2D eigenvalue weighted by atomic mass is 9.88. The second-order valence-corrected chi connectivity index (χ2v) is 13.2. The third-order valence-corrected chi connectivity index (χ3v) is 9.59. The molecule has 2 fully saturated rings. The molecular weight excluding hydrogens is 607 g/mol. The maximum absolute atomic E-state index is 13.7. The number of halogens is 3. The zero-order chi connectivity index (χ0) is 32.2. The Hall–Kier alpha value is -3.44. The van der Waals surface area contributed by atoms with Crippen LogP contribution in [-0.4, -0.2) is 76.1 Å². The number of piperidine rings is 1. The van der Waals surface area contributed by atoms with Crippen LogP contribution in [0.25, 0.3) is 10.9 Å². The second-order valence-electron chi connectivity index (χ2n) is 11.7. The minimum atomic E-state index is -4.43. The molecule has 45 heavy (non-hydrogen) atoms. The molecule has 244 valence electrons. The van der Waals surface area contributed by atoms with Crippen LogP contribution in [0.2, 0.25) is 0 Å². The summed E-state index contributed by atoms with van der Waals surface area (Å²) in [6.45, 7) is 0.994. The summed E-state index contributed by atoms with van der Waals surface area (Å²) in [6.07, 6.45) is 2.23. The molecule has 0 spiro atoms. The quantitative estimate of drug-likeness (QED) is 0.276.